The van der Waals surface area contributed by atoms with E-state index in [2.05, 4.69) is 34.3 Å². The third-order valence-electron chi connectivity index (χ3n) is 4.68. The van der Waals surface area contributed by atoms with Crippen molar-refractivity contribution < 1.29 is 4.79 Å². The van der Waals surface area contributed by atoms with Gasteiger partial charge in [-0.15, -0.1) is 11.8 Å². The molecule has 5 heteroatoms. The molecule has 0 atom stereocenters. The molecule has 25 heavy (non-hydrogen) atoms. The first-order valence-corrected chi connectivity index (χ1v) is 9.79. The zero-order valence-electron chi connectivity index (χ0n) is 15.1. The lowest BCUT2D eigenvalue weighted by Crippen LogP contribution is -2.44. The van der Waals surface area contributed by atoms with E-state index >= 15 is 0 Å². The minimum atomic E-state index is -0.0666. The van der Waals surface area contributed by atoms with Gasteiger partial charge in [0.2, 0.25) is 0 Å². The Morgan fingerprint density at radius 1 is 1.04 bits per heavy atom. The standard InChI is InChI=1S/C20H25N3OS/c1-15-14-17(23-12-10-22(2)11-13-23)6-9-19(15)21-20(24)16-4-7-18(25-3)8-5-16/h4-9,14H,10-13H2,1-3H3,(H,21,24). The van der Waals surface area contributed by atoms with Crippen LogP contribution >= 0.6 is 11.8 Å². The quantitative estimate of drug-likeness (QED) is 0.848. The molecule has 3 rings (SSSR count). The first-order chi connectivity index (χ1) is 12.1. The van der Waals surface area contributed by atoms with E-state index in [1.165, 1.54) is 5.69 Å². The summed E-state index contributed by atoms with van der Waals surface area (Å²) in [6.07, 6.45) is 2.03. The predicted molar refractivity (Wildman–Crippen MR) is 107 cm³/mol. The van der Waals surface area contributed by atoms with Gasteiger partial charge in [-0.25, -0.2) is 0 Å². The van der Waals surface area contributed by atoms with Gasteiger partial charge in [0.1, 0.15) is 0 Å². The van der Waals surface area contributed by atoms with Crippen molar-refractivity contribution in [2.45, 2.75) is 11.8 Å². The highest BCUT2D eigenvalue weighted by molar-refractivity contribution is 7.98. The molecular formula is C20H25N3OS. The summed E-state index contributed by atoms with van der Waals surface area (Å²) in [5, 5.41) is 3.03. The van der Waals surface area contributed by atoms with Crippen LogP contribution in [0.3, 0.4) is 0 Å². The fraction of sp³-hybridized carbons (Fsp3) is 0.350. The second kappa shape index (κ2) is 7.93. The molecular weight excluding hydrogens is 330 g/mol. The van der Waals surface area contributed by atoms with Gasteiger partial charge in [0, 0.05) is 48.0 Å². The van der Waals surface area contributed by atoms with E-state index in [1.54, 1.807) is 11.8 Å². The van der Waals surface area contributed by atoms with Gasteiger partial charge in [-0.3, -0.25) is 4.79 Å². The highest BCUT2D eigenvalue weighted by Gasteiger charge is 2.15. The Morgan fingerprint density at radius 3 is 2.32 bits per heavy atom. The molecule has 2 aromatic rings. The number of thioether (sulfide) groups is 1. The zero-order valence-corrected chi connectivity index (χ0v) is 15.9. The number of benzene rings is 2. The Bertz CT molecular complexity index is 737. The SMILES string of the molecule is CSc1ccc(C(=O)Nc2ccc(N3CCN(C)CC3)cc2C)cc1. The average Bonchev–Trinajstić information content (AvgIpc) is 2.64. The topological polar surface area (TPSA) is 35.6 Å². The fourth-order valence-corrected chi connectivity index (χ4v) is 3.39. The number of nitrogens with one attached hydrogen (secondary N) is 1. The van der Waals surface area contributed by atoms with E-state index in [4.69, 9.17) is 0 Å². The molecule has 0 unspecified atom stereocenters. The van der Waals surface area contributed by atoms with Crippen LogP contribution in [0, 0.1) is 6.92 Å². The van der Waals surface area contributed by atoms with Crippen molar-refractivity contribution in [3.05, 3.63) is 53.6 Å². The molecule has 1 heterocycles. The largest absolute Gasteiger partial charge is 0.369 e. The summed E-state index contributed by atoms with van der Waals surface area (Å²) in [6, 6.07) is 14.0. The third kappa shape index (κ3) is 4.35. The van der Waals surface area contributed by atoms with Gasteiger partial charge in [-0.1, -0.05) is 0 Å². The molecule has 0 spiro atoms. The van der Waals surface area contributed by atoms with Crippen LogP contribution in [0.4, 0.5) is 11.4 Å². The predicted octanol–water partition coefficient (Wildman–Crippen LogP) is 3.72. The number of carbonyl (C=O) groups is 1. The average molecular weight is 356 g/mol. The maximum absolute atomic E-state index is 12.5. The number of hydrogen-bond donors (Lipinski definition) is 1. The molecule has 1 aliphatic rings. The van der Waals surface area contributed by atoms with E-state index < -0.39 is 0 Å². The van der Waals surface area contributed by atoms with E-state index in [0.717, 1.165) is 42.3 Å². The summed E-state index contributed by atoms with van der Waals surface area (Å²) in [4.78, 5) is 18.4. The second-order valence-electron chi connectivity index (χ2n) is 6.47. The van der Waals surface area contributed by atoms with Crippen LogP contribution in [0.1, 0.15) is 15.9 Å². The second-order valence-corrected chi connectivity index (χ2v) is 7.35. The number of anilines is 2. The van der Waals surface area contributed by atoms with Crippen LogP contribution in [0.2, 0.25) is 0 Å². The number of hydrogen-bond acceptors (Lipinski definition) is 4. The maximum Gasteiger partial charge on any atom is 0.255 e. The third-order valence-corrected chi connectivity index (χ3v) is 5.42. The molecule has 0 saturated carbocycles. The normalized spacial score (nSPS) is 15.2. The lowest BCUT2D eigenvalue weighted by atomic mass is 10.1. The Labute approximate surface area is 154 Å². The summed E-state index contributed by atoms with van der Waals surface area (Å²) in [6.45, 7) is 6.31. The van der Waals surface area contributed by atoms with E-state index in [1.807, 2.05) is 43.5 Å². The van der Waals surface area contributed by atoms with Crippen molar-refractivity contribution in [3.63, 3.8) is 0 Å². The smallest absolute Gasteiger partial charge is 0.255 e. The van der Waals surface area contributed by atoms with Crippen molar-refractivity contribution in [2.75, 3.05) is 49.7 Å². The molecule has 1 aliphatic heterocycles. The summed E-state index contributed by atoms with van der Waals surface area (Å²) in [5.41, 5.74) is 3.87. The molecule has 2 aromatic carbocycles. The van der Waals surface area contributed by atoms with Crippen LogP contribution in [-0.4, -0.2) is 50.3 Å². The molecule has 0 aliphatic carbocycles. The lowest BCUT2D eigenvalue weighted by molar-refractivity contribution is 0.102. The van der Waals surface area contributed by atoms with Crippen molar-refractivity contribution in [2.24, 2.45) is 0 Å². The first kappa shape index (κ1) is 17.8. The number of likely N-dealkylation sites (N-methyl/N-ethyl adjacent to an activating group) is 1. The maximum atomic E-state index is 12.5. The molecule has 1 fully saturated rings. The minimum Gasteiger partial charge on any atom is -0.369 e. The Balaban J connectivity index is 1.69. The Kier molecular flexibility index (Phi) is 5.66. The fourth-order valence-electron chi connectivity index (χ4n) is 2.99. The molecule has 0 bridgehead atoms. The van der Waals surface area contributed by atoms with Gasteiger partial charge in [0.25, 0.3) is 5.91 Å². The van der Waals surface area contributed by atoms with Crippen LogP contribution in [0.25, 0.3) is 0 Å². The molecule has 1 amide bonds. The van der Waals surface area contributed by atoms with Gasteiger partial charge >= 0.3 is 0 Å². The van der Waals surface area contributed by atoms with E-state index in [-0.39, 0.29) is 5.91 Å². The van der Waals surface area contributed by atoms with Crippen molar-refractivity contribution in [1.82, 2.24) is 4.90 Å². The Hall–Kier alpha value is -1.98. The number of nitrogens with zero attached hydrogens (tertiary/aromatic N) is 2. The molecule has 0 aromatic heterocycles. The zero-order chi connectivity index (χ0) is 17.8. The van der Waals surface area contributed by atoms with E-state index in [9.17, 15) is 4.79 Å². The molecule has 0 radical (unpaired) electrons. The first-order valence-electron chi connectivity index (χ1n) is 8.56. The number of carbonyl (C=O) groups excluding carboxylic acids is 1. The number of piperazine rings is 1. The van der Waals surface area contributed by atoms with Crippen molar-refractivity contribution >= 4 is 29.0 Å². The molecule has 1 saturated heterocycles. The highest BCUT2D eigenvalue weighted by Crippen LogP contribution is 2.24. The van der Waals surface area contributed by atoms with Crippen molar-refractivity contribution in [3.8, 4) is 0 Å². The summed E-state index contributed by atoms with van der Waals surface area (Å²) >= 11 is 1.67. The van der Waals surface area contributed by atoms with Crippen LogP contribution in [-0.2, 0) is 0 Å². The molecule has 4 nitrogen and oxygen atoms in total. The van der Waals surface area contributed by atoms with Crippen LogP contribution in [0.15, 0.2) is 47.4 Å². The van der Waals surface area contributed by atoms with Gasteiger partial charge in [-0.2, -0.15) is 0 Å². The summed E-state index contributed by atoms with van der Waals surface area (Å²) < 4.78 is 0. The molecule has 1 N–H and O–H groups in total. The monoisotopic (exact) mass is 355 g/mol. The molecule has 132 valence electrons. The van der Waals surface area contributed by atoms with Gasteiger partial charge in [-0.05, 0) is 68.3 Å². The van der Waals surface area contributed by atoms with Gasteiger partial charge in [0.05, 0.1) is 0 Å². The number of amides is 1. The van der Waals surface area contributed by atoms with Crippen LogP contribution < -0.4 is 10.2 Å². The minimum absolute atomic E-state index is 0.0666. The number of rotatable bonds is 4. The van der Waals surface area contributed by atoms with Gasteiger partial charge < -0.3 is 15.1 Å². The van der Waals surface area contributed by atoms with E-state index in [0.29, 0.717) is 5.56 Å². The summed E-state index contributed by atoms with van der Waals surface area (Å²) in [7, 11) is 2.16. The van der Waals surface area contributed by atoms with Crippen LogP contribution in [0.5, 0.6) is 0 Å². The highest BCUT2D eigenvalue weighted by atomic mass is 32.2. The summed E-state index contributed by atoms with van der Waals surface area (Å²) in [5.74, 6) is -0.0666. The lowest BCUT2D eigenvalue weighted by Gasteiger charge is -2.34. The van der Waals surface area contributed by atoms with Crippen molar-refractivity contribution in [1.29, 1.82) is 0 Å². The number of aryl methyl sites for hydroxylation is 1. The Morgan fingerprint density at radius 2 is 1.72 bits per heavy atom. The van der Waals surface area contributed by atoms with Gasteiger partial charge in [0.15, 0.2) is 0 Å².